The van der Waals surface area contributed by atoms with Crippen LogP contribution in [-0.2, 0) is 4.79 Å². The van der Waals surface area contributed by atoms with E-state index in [1.165, 1.54) is 0 Å². The summed E-state index contributed by atoms with van der Waals surface area (Å²) in [6, 6.07) is 8.68. The van der Waals surface area contributed by atoms with Gasteiger partial charge in [-0.1, -0.05) is 30.3 Å². The van der Waals surface area contributed by atoms with Gasteiger partial charge in [-0.05, 0) is 24.8 Å². The van der Waals surface area contributed by atoms with Gasteiger partial charge in [0.05, 0.1) is 12.6 Å². The van der Waals surface area contributed by atoms with Crippen LogP contribution in [0.25, 0.3) is 0 Å². The molecule has 2 atom stereocenters. The van der Waals surface area contributed by atoms with Crippen molar-refractivity contribution >= 4 is 5.91 Å². The van der Waals surface area contributed by atoms with E-state index in [4.69, 9.17) is 5.73 Å². The van der Waals surface area contributed by atoms with Gasteiger partial charge in [-0.3, -0.25) is 4.79 Å². The van der Waals surface area contributed by atoms with Crippen LogP contribution in [0.1, 0.15) is 30.9 Å². The summed E-state index contributed by atoms with van der Waals surface area (Å²) in [5.74, 6) is -0.0834. The van der Waals surface area contributed by atoms with Crippen molar-refractivity contribution in [3.8, 4) is 0 Å². The zero-order valence-electron chi connectivity index (χ0n) is 10.5. The number of aliphatic hydroxyl groups excluding tert-OH is 1. The number of carbonyl (C=O) groups is 1. The van der Waals surface area contributed by atoms with Crippen molar-refractivity contribution in [1.82, 2.24) is 4.90 Å². The number of hydrogen-bond donors (Lipinski definition) is 2. The molecule has 4 nitrogen and oxygen atoms in total. The van der Waals surface area contributed by atoms with Crippen molar-refractivity contribution in [2.75, 3.05) is 13.2 Å². The first-order valence-electron chi connectivity index (χ1n) is 6.46. The summed E-state index contributed by atoms with van der Waals surface area (Å²) in [5.41, 5.74) is 6.84. The summed E-state index contributed by atoms with van der Waals surface area (Å²) in [7, 11) is 0. The Morgan fingerprint density at radius 3 is 2.78 bits per heavy atom. The first-order valence-corrected chi connectivity index (χ1v) is 6.46. The number of carbonyl (C=O) groups excluding carboxylic acids is 1. The van der Waals surface area contributed by atoms with Gasteiger partial charge in [0.1, 0.15) is 6.04 Å². The highest BCUT2D eigenvalue weighted by molar-refractivity contribution is 5.83. The molecule has 1 fully saturated rings. The molecule has 1 heterocycles. The van der Waals surface area contributed by atoms with E-state index in [0.717, 1.165) is 24.8 Å². The van der Waals surface area contributed by atoms with Gasteiger partial charge in [0, 0.05) is 6.54 Å². The minimum Gasteiger partial charge on any atom is -0.394 e. The molecule has 0 aliphatic carbocycles. The van der Waals surface area contributed by atoms with E-state index in [0.29, 0.717) is 6.54 Å². The number of piperidine rings is 1. The van der Waals surface area contributed by atoms with E-state index in [1.54, 1.807) is 4.90 Å². The van der Waals surface area contributed by atoms with Crippen molar-refractivity contribution in [3.05, 3.63) is 35.9 Å². The maximum absolute atomic E-state index is 12.4. The van der Waals surface area contributed by atoms with Gasteiger partial charge in [0.25, 0.3) is 0 Å². The van der Waals surface area contributed by atoms with Gasteiger partial charge >= 0.3 is 0 Å². The Morgan fingerprint density at radius 1 is 1.39 bits per heavy atom. The van der Waals surface area contributed by atoms with Crippen LogP contribution in [0.4, 0.5) is 0 Å². The molecule has 18 heavy (non-hydrogen) atoms. The number of aliphatic hydroxyl groups is 1. The summed E-state index contributed by atoms with van der Waals surface area (Å²) in [6.07, 6.45) is 2.92. The molecular formula is C14H20N2O2. The molecule has 1 aliphatic heterocycles. The quantitative estimate of drug-likeness (QED) is 0.840. The van der Waals surface area contributed by atoms with E-state index in [1.807, 2.05) is 30.3 Å². The highest BCUT2D eigenvalue weighted by Gasteiger charge is 2.29. The fourth-order valence-corrected chi connectivity index (χ4v) is 2.46. The summed E-state index contributed by atoms with van der Waals surface area (Å²) < 4.78 is 0. The highest BCUT2D eigenvalue weighted by Crippen LogP contribution is 2.21. The summed E-state index contributed by atoms with van der Waals surface area (Å²) in [5, 5.41) is 9.33. The third-order valence-corrected chi connectivity index (χ3v) is 3.55. The minimum absolute atomic E-state index is 0.0211. The number of likely N-dealkylation sites (tertiary alicyclic amines) is 1. The summed E-state index contributed by atoms with van der Waals surface area (Å²) >= 11 is 0. The second-order valence-corrected chi connectivity index (χ2v) is 4.75. The zero-order valence-corrected chi connectivity index (χ0v) is 10.5. The van der Waals surface area contributed by atoms with E-state index >= 15 is 0 Å². The summed E-state index contributed by atoms with van der Waals surface area (Å²) in [6.45, 7) is 0.720. The Hall–Kier alpha value is -1.39. The van der Waals surface area contributed by atoms with Crippen LogP contribution in [0.15, 0.2) is 30.3 Å². The van der Waals surface area contributed by atoms with Gasteiger partial charge in [-0.25, -0.2) is 0 Å². The third kappa shape index (κ3) is 2.71. The Labute approximate surface area is 107 Å². The van der Waals surface area contributed by atoms with Gasteiger partial charge in [-0.15, -0.1) is 0 Å². The largest absolute Gasteiger partial charge is 0.394 e. The monoisotopic (exact) mass is 248 g/mol. The number of hydrogen-bond acceptors (Lipinski definition) is 3. The number of amides is 1. The molecule has 1 aromatic carbocycles. The van der Waals surface area contributed by atoms with Crippen molar-refractivity contribution in [2.24, 2.45) is 5.73 Å². The topological polar surface area (TPSA) is 66.6 Å². The Bertz CT molecular complexity index is 394. The average molecular weight is 248 g/mol. The van der Waals surface area contributed by atoms with E-state index in [-0.39, 0.29) is 18.6 Å². The fraction of sp³-hybridized carbons (Fsp3) is 0.500. The van der Waals surface area contributed by atoms with Crippen LogP contribution in [-0.4, -0.2) is 35.1 Å². The molecule has 0 saturated carbocycles. The molecule has 3 N–H and O–H groups in total. The molecule has 98 valence electrons. The Kier molecular flexibility index (Phi) is 4.33. The first-order chi connectivity index (χ1) is 8.74. The summed E-state index contributed by atoms with van der Waals surface area (Å²) in [4.78, 5) is 14.1. The standard InChI is InChI=1S/C14H20N2O2/c15-13(11-6-2-1-3-7-11)14(18)16-9-5-4-8-12(16)10-17/h1-3,6-7,12-13,17H,4-5,8-10,15H2. The number of rotatable bonds is 3. The zero-order chi connectivity index (χ0) is 13.0. The van der Waals surface area contributed by atoms with Crippen LogP contribution in [0, 0.1) is 0 Å². The lowest BCUT2D eigenvalue weighted by molar-refractivity contribution is -0.137. The van der Waals surface area contributed by atoms with Gasteiger partial charge in [0.15, 0.2) is 0 Å². The fourth-order valence-electron chi connectivity index (χ4n) is 2.46. The molecule has 4 heteroatoms. The molecule has 0 bridgehead atoms. The predicted molar refractivity (Wildman–Crippen MR) is 69.8 cm³/mol. The van der Waals surface area contributed by atoms with Crippen molar-refractivity contribution < 1.29 is 9.90 Å². The van der Waals surface area contributed by atoms with E-state index < -0.39 is 6.04 Å². The SMILES string of the molecule is NC(C(=O)N1CCCCC1CO)c1ccccc1. The van der Waals surface area contributed by atoms with Crippen LogP contribution < -0.4 is 5.73 Å². The average Bonchev–Trinajstić information content (AvgIpc) is 2.46. The van der Waals surface area contributed by atoms with Crippen molar-refractivity contribution in [2.45, 2.75) is 31.3 Å². The van der Waals surface area contributed by atoms with Gasteiger partial charge in [-0.2, -0.15) is 0 Å². The normalized spacial score (nSPS) is 21.7. The maximum Gasteiger partial charge on any atom is 0.244 e. The molecule has 2 unspecified atom stereocenters. The lowest BCUT2D eigenvalue weighted by atomic mass is 9.99. The lowest BCUT2D eigenvalue weighted by Crippen LogP contribution is -2.49. The lowest BCUT2D eigenvalue weighted by Gasteiger charge is -2.36. The molecule has 1 saturated heterocycles. The number of nitrogens with two attached hydrogens (primary N) is 1. The molecule has 1 aliphatic rings. The molecule has 0 radical (unpaired) electrons. The molecule has 2 rings (SSSR count). The second-order valence-electron chi connectivity index (χ2n) is 4.75. The van der Waals surface area contributed by atoms with E-state index in [2.05, 4.69) is 0 Å². The van der Waals surface area contributed by atoms with Crippen molar-refractivity contribution in [1.29, 1.82) is 0 Å². The van der Waals surface area contributed by atoms with Crippen molar-refractivity contribution in [3.63, 3.8) is 0 Å². The first kappa shape index (κ1) is 13.1. The molecule has 0 aromatic heterocycles. The molecular weight excluding hydrogens is 228 g/mol. The molecule has 0 spiro atoms. The Balaban J connectivity index is 2.10. The number of benzene rings is 1. The van der Waals surface area contributed by atoms with Gasteiger partial charge in [0.2, 0.25) is 5.91 Å². The Morgan fingerprint density at radius 2 is 2.11 bits per heavy atom. The van der Waals surface area contributed by atoms with Gasteiger partial charge < -0.3 is 15.7 Å². The minimum atomic E-state index is -0.627. The van der Waals surface area contributed by atoms with Crippen LogP contribution in [0.2, 0.25) is 0 Å². The molecule has 1 amide bonds. The van der Waals surface area contributed by atoms with Crippen LogP contribution >= 0.6 is 0 Å². The van der Waals surface area contributed by atoms with Crippen LogP contribution in [0.5, 0.6) is 0 Å². The van der Waals surface area contributed by atoms with Crippen LogP contribution in [0.3, 0.4) is 0 Å². The number of nitrogens with zero attached hydrogens (tertiary/aromatic N) is 1. The maximum atomic E-state index is 12.4. The van der Waals surface area contributed by atoms with E-state index in [9.17, 15) is 9.90 Å². The second kappa shape index (κ2) is 5.98. The molecule has 1 aromatic rings. The highest BCUT2D eigenvalue weighted by atomic mass is 16.3. The third-order valence-electron chi connectivity index (χ3n) is 3.55. The smallest absolute Gasteiger partial charge is 0.244 e. The predicted octanol–water partition coefficient (Wildman–Crippen LogP) is 1.06.